The predicted molar refractivity (Wildman–Crippen MR) is 95.6 cm³/mol. The fourth-order valence-corrected chi connectivity index (χ4v) is 3.90. The van der Waals surface area contributed by atoms with E-state index in [-0.39, 0.29) is 17.9 Å². The number of carbonyl (C=O) groups excluding carboxylic acids is 2. The fraction of sp³-hybridized carbons (Fsp3) is 0.353. The second kappa shape index (κ2) is 7.32. The van der Waals surface area contributed by atoms with E-state index < -0.39 is 0 Å². The molecule has 0 unspecified atom stereocenters. The van der Waals surface area contributed by atoms with Crippen LogP contribution in [-0.2, 0) is 11.2 Å². The third kappa shape index (κ3) is 3.76. The highest BCUT2D eigenvalue weighted by molar-refractivity contribution is 7.14. The van der Waals surface area contributed by atoms with Crippen molar-refractivity contribution in [2.24, 2.45) is 0 Å². The van der Waals surface area contributed by atoms with Crippen molar-refractivity contribution in [1.29, 1.82) is 0 Å². The first-order valence-corrected chi connectivity index (χ1v) is 9.08. The molecular formula is C17H18ClN3O2S. The van der Waals surface area contributed by atoms with E-state index >= 15 is 0 Å². The lowest BCUT2D eigenvalue weighted by molar-refractivity contribution is -0.114. The Bertz CT molecular complexity index is 762. The smallest absolute Gasteiger partial charge is 0.273 e. The molecule has 2 heterocycles. The Labute approximate surface area is 149 Å². The van der Waals surface area contributed by atoms with E-state index in [1.165, 1.54) is 18.3 Å². The van der Waals surface area contributed by atoms with E-state index in [9.17, 15) is 9.59 Å². The van der Waals surface area contributed by atoms with Gasteiger partial charge in [0, 0.05) is 29.9 Å². The normalized spacial score (nSPS) is 17.1. The number of nitrogens with one attached hydrogen (secondary N) is 1. The molecule has 0 radical (unpaired) electrons. The standard InChI is InChI=1S/C17H18ClN3O2S/c1-11(22)19-17-20-15(10-24-17)16(23)21-8-4-6-13(21)9-12-5-2-3-7-14(12)18/h2-3,5,7,10,13H,4,6,8-9H2,1H3,(H,19,20,22)/t13-/m0/s1. The lowest BCUT2D eigenvalue weighted by Crippen LogP contribution is -2.37. The number of likely N-dealkylation sites (tertiary alicyclic amines) is 1. The van der Waals surface area contributed by atoms with E-state index in [4.69, 9.17) is 11.6 Å². The van der Waals surface area contributed by atoms with Gasteiger partial charge in [0.05, 0.1) is 0 Å². The van der Waals surface area contributed by atoms with Crippen LogP contribution in [-0.4, -0.2) is 34.3 Å². The van der Waals surface area contributed by atoms with Gasteiger partial charge in [0.25, 0.3) is 5.91 Å². The molecule has 0 spiro atoms. The molecule has 7 heteroatoms. The molecule has 1 aliphatic rings. The second-order valence-corrected chi connectivity index (χ2v) is 7.07. The molecule has 1 N–H and O–H groups in total. The number of anilines is 1. The fourth-order valence-electron chi connectivity index (χ4n) is 2.96. The zero-order valence-electron chi connectivity index (χ0n) is 13.3. The molecule has 1 atom stereocenters. The number of amides is 2. The van der Waals surface area contributed by atoms with Gasteiger partial charge in [-0.25, -0.2) is 4.98 Å². The Balaban J connectivity index is 1.73. The highest BCUT2D eigenvalue weighted by atomic mass is 35.5. The lowest BCUT2D eigenvalue weighted by atomic mass is 10.0. The molecule has 2 aromatic rings. The number of halogens is 1. The van der Waals surface area contributed by atoms with Gasteiger partial charge in [0.15, 0.2) is 5.13 Å². The first kappa shape index (κ1) is 16.9. The van der Waals surface area contributed by atoms with Crippen LogP contribution in [0.15, 0.2) is 29.6 Å². The van der Waals surface area contributed by atoms with Gasteiger partial charge in [-0.2, -0.15) is 0 Å². The minimum Gasteiger partial charge on any atom is -0.334 e. The van der Waals surface area contributed by atoms with Crippen molar-refractivity contribution in [3.8, 4) is 0 Å². The molecule has 1 fully saturated rings. The molecule has 0 saturated carbocycles. The van der Waals surface area contributed by atoms with Crippen molar-refractivity contribution in [1.82, 2.24) is 9.88 Å². The Morgan fingerprint density at radius 3 is 2.96 bits per heavy atom. The molecule has 24 heavy (non-hydrogen) atoms. The number of benzene rings is 1. The van der Waals surface area contributed by atoms with E-state index in [1.54, 1.807) is 5.38 Å². The maximum atomic E-state index is 12.8. The summed E-state index contributed by atoms with van der Waals surface area (Å²) in [6, 6.07) is 7.87. The van der Waals surface area contributed by atoms with E-state index in [0.717, 1.165) is 36.4 Å². The molecule has 1 saturated heterocycles. The average Bonchev–Trinajstić information content (AvgIpc) is 3.18. The highest BCUT2D eigenvalue weighted by Gasteiger charge is 2.31. The van der Waals surface area contributed by atoms with Crippen LogP contribution in [0.1, 0.15) is 35.8 Å². The molecule has 126 valence electrons. The molecule has 1 aromatic carbocycles. The first-order valence-electron chi connectivity index (χ1n) is 7.82. The minimum atomic E-state index is -0.193. The summed E-state index contributed by atoms with van der Waals surface area (Å²) in [6.45, 7) is 2.14. The van der Waals surface area contributed by atoms with Crippen LogP contribution in [0.25, 0.3) is 0 Å². The molecule has 1 aliphatic heterocycles. The summed E-state index contributed by atoms with van der Waals surface area (Å²) in [5, 5.41) is 5.49. The minimum absolute atomic E-state index is 0.0857. The summed E-state index contributed by atoms with van der Waals surface area (Å²) < 4.78 is 0. The zero-order valence-corrected chi connectivity index (χ0v) is 14.9. The molecule has 3 rings (SSSR count). The van der Waals surface area contributed by atoms with Gasteiger partial charge in [-0.05, 0) is 30.9 Å². The maximum absolute atomic E-state index is 12.8. The molecule has 5 nitrogen and oxygen atoms in total. The number of carbonyl (C=O) groups is 2. The number of hydrogen-bond acceptors (Lipinski definition) is 4. The number of rotatable bonds is 4. The third-order valence-corrected chi connectivity index (χ3v) is 5.18. The summed E-state index contributed by atoms with van der Waals surface area (Å²) in [5.41, 5.74) is 1.44. The number of hydrogen-bond donors (Lipinski definition) is 1. The van der Waals surface area contributed by atoms with Crippen LogP contribution in [0.2, 0.25) is 5.02 Å². The molecular weight excluding hydrogens is 346 g/mol. The van der Waals surface area contributed by atoms with Crippen molar-refractivity contribution in [3.63, 3.8) is 0 Å². The number of nitrogens with zero attached hydrogens (tertiary/aromatic N) is 2. The van der Waals surface area contributed by atoms with Gasteiger partial charge in [-0.15, -0.1) is 11.3 Å². The van der Waals surface area contributed by atoms with Crippen molar-refractivity contribution in [2.45, 2.75) is 32.2 Å². The molecule has 1 aromatic heterocycles. The summed E-state index contributed by atoms with van der Waals surface area (Å²) in [6.07, 6.45) is 2.68. The molecule has 2 amide bonds. The zero-order chi connectivity index (χ0) is 17.1. The van der Waals surface area contributed by atoms with Crippen LogP contribution in [0, 0.1) is 0 Å². The Morgan fingerprint density at radius 1 is 1.42 bits per heavy atom. The van der Waals surface area contributed by atoms with Gasteiger partial charge >= 0.3 is 0 Å². The van der Waals surface area contributed by atoms with Gasteiger partial charge in [0.2, 0.25) is 5.91 Å². The van der Waals surface area contributed by atoms with E-state index in [0.29, 0.717) is 10.8 Å². The second-order valence-electron chi connectivity index (χ2n) is 5.81. The third-order valence-electron chi connectivity index (χ3n) is 4.06. The van der Waals surface area contributed by atoms with Crippen molar-refractivity contribution in [2.75, 3.05) is 11.9 Å². The Morgan fingerprint density at radius 2 is 2.21 bits per heavy atom. The summed E-state index contributed by atoms with van der Waals surface area (Å²) in [7, 11) is 0. The van der Waals surface area contributed by atoms with Crippen LogP contribution < -0.4 is 5.32 Å². The van der Waals surface area contributed by atoms with Gasteiger partial charge in [0.1, 0.15) is 5.69 Å². The van der Waals surface area contributed by atoms with Crippen molar-refractivity contribution < 1.29 is 9.59 Å². The monoisotopic (exact) mass is 363 g/mol. The summed E-state index contributed by atoms with van der Waals surface area (Å²) in [5.74, 6) is -0.279. The van der Waals surface area contributed by atoms with Crippen LogP contribution >= 0.6 is 22.9 Å². The summed E-state index contributed by atoms with van der Waals surface area (Å²) in [4.78, 5) is 29.9. The van der Waals surface area contributed by atoms with Crippen LogP contribution in [0.4, 0.5) is 5.13 Å². The van der Waals surface area contributed by atoms with Crippen molar-refractivity contribution in [3.05, 3.63) is 45.9 Å². The van der Waals surface area contributed by atoms with Gasteiger partial charge in [-0.1, -0.05) is 29.8 Å². The van der Waals surface area contributed by atoms with E-state index in [2.05, 4.69) is 10.3 Å². The highest BCUT2D eigenvalue weighted by Crippen LogP contribution is 2.27. The topological polar surface area (TPSA) is 62.3 Å². The molecule has 0 bridgehead atoms. The SMILES string of the molecule is CC(=O)Nc1nc(C(=O)N2CCC[C@H]2Cc2ccccc2Cl)cs1. The van der Waals surface area contributed by atoms with Gasteiger partial charge < -0.3 is 10.2 Å². The Kier molecular flexibility index (Phi) is 5.16. The van der Waals surface area contributed by atoms with Crippen molar-refractivity contribution >= 4 is 39.9 Å². The van der Waals surface area contributed by atoms with E-state index in [1.807, 2.05) is 29.2 Å². The van der Waals surface area contributed by atoms with Gasteiger partial charge in [-0.3, -0.25) is 9.59 Å². The lowest BCUT2D eigenvalue weighted by Gasteiger charge is -2.24. The average molecular weight is 364 g/mol. The number of aromatic nitrogens is 1. The van der Waals surface area contributed by atoms with Crippen LogP contribution in [0.5, 0.6) is 0 Å². The van der Waals surface area contributed by atoms with Crippen LogP contribution in [0.3, 0.4) is 0 Å². The largest absolute Gasteiger partial charge is 0.334 e. The quantitative estimate of drug-likeness (QED) is 0.902. The Hall–Kier alpha value is -1.92. The number of thiazole rings is 1. The maximum Gasteiger partial charge on any atom is 0.273 e. The first-order chi connectivity index (χ1) is 11.5. The molecule has 0 aliphatic carbocycles. The summed E-state index contributed by atoms with van der Waals surface area (Å²) >= 11 is 7.51. The predicted octanol–water partition coefficient (Wildman–Crippen LogP) is 3.60.